The van der Waals surface area contributed by atoms with Crippen LogP contribution in [-0.2, 0) is 0 Å². The van der Waals surface area contributed by atoms with Crippen molar-refractivity contribution >= 4 is 28.6 Å². The van der Waals surface area contributed by atoms with Gasteiger partial charge < -0.3 is 10.3 Å². The molecule has 0 fully saturated rings. The molecule has 14 heavy (non-hydrogen) atoms. The van der Waals surface area contributed by atoms with Crippen LogP contribution in [0.2, 0.25) is 5.28 Å². The van der Waals surface area contributed by atoms with E-state index in [4.69, 9.17) is 11.6 Å². The third-order valence-corrected chi connectivity index (χ3v) is 1.98. The summed E-state index contributed by atoms with van der Waals surface area (Å²) in [7, 11) is 0. The van der Waals surface area contributed by atoms with Gasteiger partial charge in [0.05, 0.1) is 0 Å². The van der Waals surface area contributed by atoms with Crippen molar-refractivity contribution in [2.24, 2.45) is 0 Å². The smallest absolute Gasteiger partial charge is 0.202 e. The molecule has 2 heterocycles. The zero-order valence-electron chi connectivity index (χ0n) is 7.71. The van der Waals surface area contributed by atoms with Gasteiger partial charge in [-0.05, 0) is 18.0 Å². The lowest BCUT2D eigenvalue weighted by Crippen LogP contribution is -2.02. The van der Waals surface area contributed by atoms with Crippen LogP contribution in [0.5, 0.6) is 0 Å². The summed E-state index contributed by atoms with van der Waals surface area (Å²) in [6.45, 7) is 2.95. The summed E-state index contributed by atoms with van der Waals surface area (Å²) in [5.41, 5.74) is 1.34. The van der Waals surface area contributed by atoms with Gasteiger partial charge in [0, 0.05) is 6.54 Å². The molecule has 0 saturated carbocycles. The quantitative estimate of drug-likeness (QED) is 0.761. The first-order valence-electron chi connectivity index (χ1n) is 4.41. The van der Waals surface area contributed by atoms with Crippen LogP contribution in [0.25, 0.3) is 11.2 Å². The normalized spacial score (nSPS) is 10.7. The number of rotatable bonds is 3. The summed E-state index contributed by atoms with van der Waals surface area (Å²) in [5.74, 6) is 0.747. The van der Waals surface area contributed by atoms with Gasteiger partial charge in [-0.3, -0.25) is 0 Å². The minimum Gasteiger partial charge on any atom is -0.368 e. The molecular formula is C8H10ClN5. The Morgan fingerprint density at radius 3 is 3.14 bits per heavy atom. The van der Waals surface area contributed by atoms with Crippen LogP contribution in [0, 0.1) is 0 Å². The zero-order valence-corrected chi connectivity index (χ0v) is 8.47. The Morgan fingerprint density at radius 2 is 2.36 bits per heavy atom. The maximum atomic E-state index is 5.73. The number of nitrogens with one attached hydrogen (secondary N) is 2. The largest absolute Gasteiger partial charge is 0.368 e. The third-order valence-electron chi connectivity index (χ3n) is 1.80. The highest BCUT2D eigenvalue weighted by molar-refractivity contribution is 6.29. The number of halogens is 1. The van der Waals surface area contributed by atoms with Crippen LogP contribution in [0.3, 0.4) is 0 Å². The first kappa shape index (κ1) is 9.21. The third kappa shape index (κ3) is 1.63. The van der Waals surface area contributed by atoms with Crippen LogP contribution < -0.4 is 5.32 Å². The lowest BCUT2D eigenvalue weighted by molar-refractivity contribution is 0.968. The Bertz CT molecular complexity index is 438. The van der Waals surface area contributed by atoms with Crippen molar-refractivity contribution in [1.29, 1.82) is 0 Å². The van der Waals surface area contributed by atoms with Crippen LogP contribution in [0.15, 0.2) is 6.33 Å². The molecule has 74 valence electrons. The average Bonchev–Trinajstić information content (AvgIpc) is 2.55. The number of fused-ring (bicyclic) bond motifs is 1. The minimum atomic E-state index is 0.333. The fraction of sp³-hybridized carbons (Fsp3) is 0.375. The molecule has 0 bridgehead atoms. The topological polar surface area (TPSA) is 66.5 Å². The SMILES string of the molecule is CCCNc1ncnc2nc(Cl)[nH]c12. The van der Waals surface area contributed by atoms with E-state index in [-0.39, 0.29) is 0 Å². The summed E-state index contributed by atoms with van der Waals surface area (Å²) in [6.07, 6.45) is 2.50. The molecule has 2 N–H and O–H groups in total. The first-order chi connectivity index (χ1) is 6.81. The van der Waals surface area contributed by atoms with Crippen molar-refractivity contribution in [1.82, 2.24) is 19.9 Å². The Kier molecular flexibility index (Phi) is 2.49. The number of imidazole rings is 1. The van der Waals surface area contributed by atoms with Gasteiger partial charge >= 0.3 is 0 Å². The number of nitrogens with zero attached hydrogens (tertiary/aromatic N) is 3. The molecule has 0 amide bonds. The fourth-order valence-corrected chi connectivity index (χ4v) is 1.35. The van der Waals surface area contributed by atoms with Crippen molar-refractivity contribution < 1.29 is 0 Å². The van der Waals surface area contributed by atoms with E-state index in [1.165, 1.54) is 6.33 Å². The summed E-state index contributed by atoms with van der Waals surface area (Å²) in [6, 6.07) is 0. The van der Waals surface area contributed by atoms with E-state index in [1.54, 1.807) is 0 Å². The second-order valence-corrected chi connectivity index (χ2v) is 3.23. The van der Waals surface area contributed by atoms with E-state index in [0.29, 0.717) is 10.9 Å². The minimum absolute atomic E-state index is 0.333. The monoisotopic (exact) mass is 211 g/mol. The number of hydrogen-bond donors (Lipinski definition) is 2. The Morgan fingerprint density at radius 1 is 1.50 bits per heavy atom. The number of hydrogen-bond acceptors (Lipinski definition) is 4. The molecule has 0 radical (unpaired) electrons. The predicted octanol–water partition coefficient (Wildman–Crippen LogP) is 1.83. The van der Waals surface area contributed by atoms with E-state index < -0.39 is 0 Å². The standard InChI is InChI=1S/C8H10ClN5/c1-2-3-10-6-5-7(12-4-11-6)14-8(9)13-5/h4H,2-3H2,1H3,(H2,10,11,12,13,14). The van der Waals surface area contributed by atoms with Gasteiger partial charge in [-0.15, -0.1) is 0 Å². The molecule has 2 rings (SSSR count). The molecule has 2 aromatic heterocycles. The Balaban J connectivity index is 2.42. The van der Waals surface area contributed by atoms with Crippen molar-refractivity contribution in [3.63, 3.8) is 0 Å². The zero-order chi connectivity index (χ0) is 9.97. The van der Waals surface area contributed by atoms with E-state index in [0.717, 1.165) is 24.3 Å². The highest BCUT2D eigenvalue weighted by Crippen LogP contribution is 2.18. The molecule has 0 unspecified atom stereocenters. The van der Waals surface area contributed by atoms with E-state index in [2.05, 4.69) is 32.2 Å². The van der Waals surface area contributed by atoms with Gasteiger partial charge in [0.1, 0.15) is 11.8 Å². The Hall–Kier alpha value is -1.36. The van der Waals surface area contributed by atoms with E-state index in [9.17, 15) is 0 Å². The van der Waals surface area contributed by atoms with Gasteiger partial charge in [-0.1, -0.05) is 6.92 Å². The van der Waals surface area contributed by atoms with Crippen molar-refractivity contribution in [2.75, 3.05) is 11.9 Å². The van der Waals surface area contributed by atoms with Crippen molar-refractivity contribution in [3.8, 4) is 0 Å². The molecule has 0 spiro atoms. The summed E-state index contributed by atoms with van der Waals surface area (Å²) >= 11 is 5.73. The highest BCUT2D eigenvalue weighted by atomic mass is 35.5. The van der Waals surface area contributed by atoms with Crippen molar-refractivity contribution in [3.05, 3.63) is 11.6 Å². The number of anilines is 1. The van der Waals surface area contributed by atoms with Crippen LogP contribution in [0.4, 0.5) is 5.82 Å². The molecule has 0 atom stereocenters. The average molecular weight is 212 g/mol. The molecule has 0 saturated heterocycles. The van der Waals surface area contributed by atoms with Gasteiger partial charge in [0.2, 0.25) is 5.28 Å². The summed E-state index contributed by atoms with van der Waals surface area (Å²) < 4.78 is 0. The van der Waals surface area contributed by atoms with Crippen LogP contribution in [0.1, 0.15) is 13.3 Å². The lowest BCUT2D eigenvalue weighted by Gasteiger charge is -2.02. The number of H-pyrrole nitrogens is 1. The van der Waals surface area contributed by atoms with E-state index >= 15 is 0 Å². The lowest BCUT2D eigenvalue weighted by atomic mass is 10.4. The molecule has 6 heteroatoms. The molecular weight excluding hydrogens is 202 g/mol. The maximum absolute atomic E-state index is 5.73. The summed E-state index contributed by atoms with van der Waals surface area (Å²) in [5, 5.41) is 3.50. The Labute approximate surface area is 85.9 Å². The molecule has 0 aromatic carbocycles. The number of aromatic nitrogens is 4. The maximum Gasteiger partial charge on any atom is 0.202 e. The number of aromatic amines is 1. The summed E-state index contributed by atoms with van der Waals surface area (Å²) in [4.78, 5) is 15.0. The van der Waals surface area contributed by atoms with Gasteiger partial charge in [-0.2, -0.15) is 4.98 Å². The molecule has 0 aliphatic heterocycles. The van der Waals surface area contributed by atoms with Crippen LogP contribution in [-0.4, -0.2) is 26.5 Å². The van der Waals surface area contributed by atoms with Gasteiger partial charge in [0.25, 0.3) is 0 Å². The van der Waals surface area contributed by atoms with E-state index in [1.807, 2.05) is 0 Å². The predicted molar refractivity (Wildman–Crippen MR) is 55.5 cm³/mol. The fourth-order valence-electron chi connectivity index (χ4n) is 1.18. The first-order valence-corrected chi connectivity index (χ1v) is 4.79. The molecule has 0 aliphatic carbocycles. The van der Waals surface area contributed by atoms with Crippen LogP contribution >= 0.6 is 11.6 Å². The highest BCUT2D eigenvalue weighted by Gasteiger charge is 2.06. The molecule has 2 aromatic rings. The van der Waals surface area contributed by atoms with Gasteiger partial charge in [-0.25, -0.2) is 9.97 Å². The second kappa shape index (κ2) is 3.79. The van der Waals surface area contributed by atoms with Gasteiger partial charge in [0.15, 0.2) is 11.5 Å². The molecule has 0 aliphatic rings. The van der Waals surface area contributed by atoms with Crippen molar-refractivity contribution in [2.45, 2.75) is 13.3 Å². The second-order valence-electron chi connectivity index (χ2n) is 2.88. The molecule has 5 nitrogen and oxygen atoms in total.